The predicted molar refractivity (Wildman–Crippen MR) is 119 cm³/mol. The number of azo groups is 1. The molecule has 2 aromatic rings. The fraction of sp³-hybridized carbons (Fsp3) is 0.350. The van der Waals surface area contributed by atoms with Gasteiger partial charge in [-0.05, 0) is 61.9 Å². The Balaban J connectivity index is 2.08. The third-order valence-electron chi connectivity index (χ3n) is 4.47. The molecule has 10 nitrogen and oxygen atoms in total. The molecule has 0 saturated heterocycles. The van der Waals surface area contributed by atoms with Crippen molar-refractivity contribution in [3.8, 4) is 6.07 Å². The largest absolute Gasteiger partial charge is 0.397 e. The van der Waals surface area contributed by atoms with E-state index in [0.717, 1.165) is 17.8 Å². The lowest BCUT2D eigenvalue weighted by Crippen LogP contribution is -2.23. The van der Waals surface area contributed by atoms with Gasteiger partial charge in [-0.25, -0.2) is 12.6 Å². The highest BCUT2D eigenvalue weighted by atomic mass is 32.3. The highest BCUT2D eigenvalue weighted by Crippen LogP contribution is 2.27. The number of nitriles is 1. The zero-order valence-electron chi connectivity index (χ0n) is 17.7. The zero-order chi connectivity index (χ0) is 23.8. The number of sulfone groups is 1. The van der Waals surface area contributed by atoms with Gasteiger partial charge in [0, 0.05) is 18.8 Å². The summed E-state index contributed by atoms with van der Waals surface area (Å²) < 4.78 is 58.0. The Labute approximate surface area is 188 Å². The molecule has 2 aromatic carbocycles. The lowest BCUT2D eigenvalue weighted by atomic mass is 10.1. The molecule has 0 bridgehead atoms. The number of aryl methyl sites for hydroxylation is 1. The van der Waals surface area contributed by atoms with Gasteiger partial charge in [0.05, 0.1) is 41.1 Å². The van der Waals surface area contributed by atoms with E-state index in [1.54, 1.807) is 0 Å². The Bertz CT molecular complexity index is 1200. The number of nitrogens with zero attached hydrogens (tertiary/aromatic N) is 4. The molecule has 0 aliphatic heterocycles. The Morgan fingerprint density at radius 3 is 2.34 bits per heavy atom. The number of hydrogen-bond donors (Lipinski definition) is 1. The molecular formula is C20H24N4O6S2. The van der Waals surface area contributed by atoms with Crippen LogP contribution in [0.2, 0.25) is 0 Å². The molecule has 12 heteroatoms. The van der Waals surface area contributed by atoms with E-state index in [2.05, 4.69) is 25.4 Å². The van der Waals surface area contributed by atoms with E-state index >= 15 is 0 Å². The fourth-order valence-electron chi connectivity index (χ4n) is 2.80. The first-order chi connectivity index (χ1) is 15.1. The maximum atomic E-state index is 12.2. The Kier molecular flexibility index (Phi) is 8.85. The Morgan fingerprint density at radius 2 is 1.78 bits per heavy atom. The second kappa shape index (κ2) is 11.1. The summed E-state index contributed by atoms with van der Waals surface area (Å²) in [6.07, 6.45) is 0.438. The Hall–Kier alpha value is -2.85. The van der Waals surface area contributed by atoms with Crippen molar-refractivity contribution in [2.45, 2.75) is 25.2 Å². The second-order valence-electron chi connectivity index (χ2n) is 6.72. The number of hydrogen-bond acceptors (Lipinski definition) is 9. The standard InChI is InChI=1S/C20H24N4O6S2/c1-3-24(12-4-11-21)18-7-10-20(16(2)15-18)23-22-17-5-8-19(9-6-17)31(25,26)14-13-30-32(27,28)29/h5-10,15H,3-4,12-14H2,1-2H3,(H,27,28,29). The minimum absolute atomic E-state index is 0.0343. The van der Waals surface area contributed by atoms with E-state index in [-0.39, 0.29) is 4.90 Å². The topological polar surface area (TPSA) is 149 Å². The molecule has 0 atom stereocenters. The normalized spacial score (nSPS) is 12.1. The average molecular weight is 481 g/mol. The number of anilines is 1. The first-order valence-electron chi connectivity index (χ1n) is 9.64. The minimum atomic E-state index is -4.69. The molecule has 2 rings (SSSR count). The van der Waals surface area contributed by atoms with Crippen molar-refractivity contribution >= 4 is 37.3 Å². The van der Waals surface area contributed by atoms with Crippen LogP contribution in [0, 0.1) is 18.3 Å². The van der Waals surface area contributed by atoms with Crippen molar-refractivity contribution < 1.29 is 25.6 Å². The van der Waals surface area contributed by atoms with Gasteiger partial charge < -0.3 is 4.90 Å². The summed E-state index contributed by atoms with van der Waals surface area (Å²) in [6, 6.07) is 13.5. The fourth-order valence-corrected chi connectivity index (χ4v) is 4.29. The molecule has 172 valence electrons. The molecule has 0 fully saturated rings. The van der Waals surface area contributed by atoms with Gasteiger partial charge in [0.1, 0.15) is 0 Å². The van der Waals surface area contributed by atoms with Crippen LogP contribution in [0.5, 0.6) is 0 Å². The van der Waals surface area contributed by atoms with Crippen LogP contribution in [-0.4, -0.2) is 46.8 Å². The molecule has 0 amide bonds. The van der Waals surface area contributed by atoms with Gasteiger partial charge in [-0.1, -0.05) is 0 Å². The van der Waals surface area contributed by atoms with Crippen LogP contribution in [-0.2, 0) is 24.4 Å². The van der Waals surface area contributed by atoms with Crippen molar-refractivity contribution in [3.05, 3.63) is 48.0 Å². The molecule has 0 aliphatic rings. The van der Waals surface area contributed by atoms with Gasteiger partial charge in [0.25, 0.3) is 0 Å². The highest BCUT2D eigenvalue weighted by Gasteiger charge is 2.16. The smallest absolute Gasteiger partial charge is 0.371 e. The molecule has 0 heterocycles. The van der Waals surface area contributed by atoms with E-state index in [1.165, 1.54) is 24.3 Å². The van der Waals surface area contributed by atoms with Gasteiger partial charge in [-0.2, -0.15) is 23.9 Å². The lowest BCUT2D eigenvalue weighted by Gasteiger charge is -2.22. The van der Waals surface area contributed by atoms with Crippen molar-refractivity contribution in [2.75, 3.05) is 30.3 Å². The molecule has 0 unspecified atom stereocenters. The third kappa shape index (κ3) is 7.69. The third-order valence-corrected chi connectivity index (χ3v) is 6.63. The van der Waals surface area contributed by atoms with Crippen LogP contribution in [0.1, 0.15) is 18.9 Å². The molecular weight excluding hydrogens is 456 g/mol. The summed E-state index contributed by atoms with van der Waals surface area (Å²) in [5, 5.41) is 17.1. The van der Waals surface area contributed by atoms with E-state index in [1.807, 2.05) is 32.0 Å². The number of rotatable bonds is 11. The summed E-state index contributed by atoms with van der Waals surface area (Å²) in [4.78, 5) is 2.06. The van der Waals surface area contributed by atoms with Crippen LogP contribution in [0.3, 0.4) is 0 Å². The van der Waals surface area contributed by atoms with Crippen LogP contribution < -0.4 is 4.90 Å². The quantitative estimate of drug-likeness (QED) is 0.377. The van der Waals surface area contributed by atoms with Gasteiger partial charge in [-0.3, -0.25) is 4.55 Å². The monoisotopic (exact) mass is 480 g/mol. The van der Waals surface area contributed by atoms with Crippen LogP contribution in [0.25, 0.3) is 0 Å². The Morgan fingerprint density at radius 1 is 1.09 bits per heavy atom. The lowest BCUT2D eigenvalue weighted by molar-refractivity contribution is 0.284. The molecule has 0 aromatic heterocycles. The molecule has 1 N–H and O–H groups in total. The molecule has 0 radical (unpaired) electrons. The molecule has 0 spiro atoms. The summed E-state index contributed by atoms with van der Waals surface area (Å²) in [5.41, 5.74) is 2.99. The van der Waals surface area contributed by atoms with E-state index in [4.69, 9.17) is 9.81 Å². The molecule has 0 saturated carbocycles. The summed E-state index contributed by atoms with van der Waals surface area (Å²) >= 11 is 0. The number of benzene rings is 2. The van der Waals surface area contributed by atoms with Gasteiger partial charge >= 0.3 is 10.4 Å². The zero-order valence-corrected chi connectivity index (χ0v) is 19.3. The minimum Gasteiger partial charge on any atom is -0.371 e. The van der Waals surface area contributed by atoms with Crippen molar-refractivity contribution in [1.82, 2.24) is 0 Å². The van der Waals surface area contributed by atoms with Gasteiger partial charge in [0.2, 0.25) is 0 Å². The van der Waals surface area contributed by atoms with Crippen molar-refractivity contribution in [2.24, 2.45) is 10.2 Å². The van der Waals surface area contributed by atoms with Crippen molar-refractivity contribution in [1.29, 1.82) is 5.26 Å². The maximum Gasteiger partial charge on any atom is 0.397 e. The summed E-state index contributed by atoms with van der Waals surface area (Å²) in [5.74, 6) is -0.609. The SMILES string of the molecule is CCN(CCC#N)c1ccc(N=Nc2ccc(S(=O)(=O)CCOS(=O)(=O)O)cc2)c(C)c1. The van der Waals surface area contributed by atoms with E-state index < -0.39 is 32.6 Å². The van der Waals surface area contributed by atoms with E-state index in [0.29, 0.717) is 24.3 Å². The van der Waals surface area contributed by atoms with Crippen LogP contribution >= 0.6 is 0 Å². The molecule has 0 aliphatic carbocycles. The van der Waals surface area contributed by atoms with E-state index in [9.17, 15) is 16.8 Å². The summed E-state index contributed by atoms with van der Waals surface area (Å²) in [6.45, 7) is 4.65. The first kappa shape index (κ1) is 25.4. The van der Waals surface area contributed by atoms with Crippen LogP contribution in [0.15, 0.2) is 57.6 Å². The molecule has 32 heavy (non-hydrogen) atoms. The summed E-state index contributed by atoms with van der Waals surface area (Å²) in [7, 11) is -8.49. The highest BCUT2D eigenvalue weighted by molar-refractivity contribution is 7.91. The van der Waals surface area contributed by atoms with Crippen LogP contribution in [0.4, 0.5) is 17.1 Å². The van der Waals surface area contributed by atoms with Gasteiger partial charge in [0.15, 0.2) is 9.84 Å². The van der Waals surface area contributed by atoms with Gasteiger partial charge in [-0.15, -0.1) is 0 Å². The first-order valence-corrected chi connectivity index (χ1v) is 12.7. The second-order valence-corrected chi connectivity index (χ2v) is 9.92. The maximum absolute atomic E-state index is 12.2. The average Bonchev–Trinajstić information content (AvgIpc) is 2.73. The predicted octanol–water partition coefficient (Wildman–Crippen LogP) is 3.74. The van der Waals surface area contributed by atoms with Crippen molar-refractivity contribution in [3.63, 3.8) is 0 Å².